The van der Waals surface area contributed by atoms with Crippen LogP contribution in [-0.2, 0) is 6.42 Å². The average molecular weight is 253 g/mol. The molecule has 0 saturated heterocycles. The summed E-state index contributed by atoms with van der Waals surface area (Å²) in [7, 11) is 0. The van der Waals surface area contributed by atoms with E-state index in [1.54, 1.807) is 0 Å². The summed E-state index contributed by atoms with van der Waals surface area (Å²) >= 11 is 5.67. The molecule has 0 saturated carbocycles. The molecule has 0 atom stereocenters. The Bertz CT molecular complexity index is 496. The van der Waals surface area contributed by atoms with E-state index in [4.69, 9.17) is 21.1 Å². The van der Waals surface area contributed by atoms with Crippen LogP contribution in [0.15, 0.2) is 12.1 Å². The van der Waals surface area contributed by atoms with Gasteiger partial charge >= 0.3 is 0 Å². The van der Waals surface area contributed by atoms with Gasteiger partial charge in [-0.05, 0) is 6.42 Å². The van der Waals surface area contributed by atoms with Gasteiger partial charge in [0.1, 0.15) is 19.0 Å². The number of nitrogens with one attached hydrogen (secondary N) is 1. The molecule has 4 nitrogen and oxygen atoms in total. The maximum Gasteiger partial charge on any atom is 0.163 e. The van der Waals surface area contributed by atoms with Gasteiger partial charge in [0.05, 0.1) is 11.0 Å². The van der Waals surface area contributed by atoms with Gasteiger partial charge in [-0.2, -0.15) is 0 Å². The molecular weight excluding hydrogens is 240 g/mol. The third kappa shape index (κ3) is 2.05. The molecule has 90 valence electrons. The third-order valence-electron chi connectivity index (χ3n) is 2.74. The Hall–Kier alpha value is -1.42. The van der Waals surface area contributed by atoms with Crippen molar-refractivity contribution in [2.75, 3.05) is 19.1 Å². The summed E-state index contributed by atoms with van der Waals surface area (Å²) < 4.78 is 11.0. The van der Waals surface area contributed by atoms with Crippen molar-refractivity contribution >= 4 is 22.6 Å². The zero-order valence-electron chi connectivity index (χ0n) is 9.33. The molecule has 0 radical (unpaired) electrons. The zero-order valence-corrected chi connectivity index (χ0v) is 10.1. The second kappa shape index (κ2) is 4.45. The highest BCUT2D eigenvalue weighted by Gasteiger charge is 2.14. The number of fused-ring (bicyclic) bond motifs is 2. The molecule has 1 aliphatic heterocycles. The summed E-state index contributed by atoms with van der Waals surface area (Å²) in [5, 5.41) is 0. The van der Waals surface area contributed by atoms with Gasteiger partial charge in [0.2, 0.25) is 0 Å². The van der Waals surface area contributed by atoms with Gasteiger partial charge in [0.15, 0.2) is 11.5 Å². The number of imidazole rings is 1. The van der Waals surface area contributed by atoms with Crippen LogP contribution < -0.4 is 9.47 Å². The van der Waals surface area contributed by atoms with Crippen LogP contribution in [0.2, 0.25) is 0 Å². The van der Waals surface area contributed by atoms with Crippen LogP contribution in [0.3, 0.4) is 0 Å². The number of halogens is 1. The number of alkyl halides is 1. The fourth-order valence-corrected chi connectivity index (χ4v) is 2.09. The quantitative estimate of drug-likeness (QED) is 0.854. The van der Waals surface area contributed by atoms with Crippen LogP contribution in [-0.4, -0.2) is 29.1 Å². The number of hydrogen-bond donors (Lipinski definition) is 1. The van der Waals surface area contributed by atoms with Gasteiger partial charge in [-0.1, -0.05) is 0 Å². The Labute approximate surface area is 104 Å². The summed E-state index contributed by atoms with van der Waals surface area (Å²) in [6, 6.07) is 3.87. The smallest absolute Gasteiger partial charge is 0.163 e. The maximum atomic E-state index is 5.67. The van der Waals surface area contributed by atoms with E-state index in [9.17, 15) is 0 Å². The van der Waals surface area contributed by atoms with E-state index in [0.717, 1.165) is 41.2 Å². The number of benzene rings is 1. The van der Waals surface area contributed by atoms with Crippen molar-refractivity contribution in [1.82, 2.24) is 9.97 Å². The molecular formula is C12H13ClN2O2. The Morgan fingerprint density at radius 1 is 1.24 bits per heavy atom. The molecule has 0 unspecified atom stereocenters. The number of rotatable bonds is 3. The molecule has 1 aromatic carbocycles. The predicted octanol–water partition coefficient (Wildman–Crippen LogP) is 2.51. The lowest BCUT2D eigenvalue weighted by Crippen LogP contribution is -2.15. The van der Waals surface area contributed by atoms with Gasteiger partial charge in [0, 0.05) is 24.4 Å². The average Bonchev–Trinajstić information content (AvgIpc) is 2.75. The molecule has 2 heterocycles. The van der Waals surface area contributed by atoms with Crippen LogP contribution >= 0.6 is 11.6 Å². The fraction of sp³-hybridized carbons (Fsp3) is 0.417. The van der Waals surface area contributed by atoms with E-state index < -0.39 is 0 Å². The highest BCUT2D eigenvalue weighted by Crippen LogP contribution is 2.33. The SMILES string of the molecule is ClCCCc1nc2cc3c(cc2[nH]1)OCCO3. The summed E-state index contributed by atoms with van der Waals surface area (Å²) in [6.45, 7) is 1.20. The van der Waals surface area contributed by atoms with E-state index in [0.29, 0.717) is 19.1 Å². The summed E-state index contributed by atoms with van der Waals surface area (Å²) in [5.41, 5.74) is 1.90. The molecule has 1 aliphatic rings. The highest BCUT2D eigenvalue weighted by molar-refractivity contribution is 6.17. The molecule has 3 rings (SSSR count). The minimum Gasteiger partial charge on any atom is -0.486 e. The minimum absolute atomic E-state index is 0.599. The third-order valence-corrected chi connectivity index (χ3v) is 3.01. The second-order valence-electron chi connectivity index (χ2n) is 3.99. The number of H-pyrrole nitrogens is 1. The van der Waals surface area contributed by atoms with Crippen LogP contribution in [0.5, 0.6) is 11.5 Å². The van der Waals surface area contributed by atoms with Crippen molar-refractivity contribution in [3.05, 3.63) is 18.0 Å². The predicted molar refractivity (Wildman–Crippen MR) is 66.1 cm³/mol. The molecule has 17 heavy (non-hydrogen) atoms. The molecule has 5 heteroatoms. The summed E-state index contributed by atoms with van der Waals surface area (Å²) in [4.78, 5) is 7.78. The first-order valence-corrected chi connectivity index (χ1v) is 6.24. The standard InChI is InChI=1S/C12H13ClN2O2/c13-3-1-2-12-14-8-6-10-11(7-9(8)15-12)17-5-4-16-10/h6-7H,1-5H2,(H,14,15). The molecule has 0 aliphatic carbocycles. The Kier molecular flexibility index (Phi) is 2.81. The maximum absolute atomic E-state index is 5.67. The van der Waals surface area contributed by atoms with Crippen molar-refractivity contribution in [3.8, 4) is 11.5 Å². The van der Waals surface area contributed by atoms with Crippen molar-refractivity contribution < 1.29 is 9.47 Å². The van der Waals surface area contributed by atoms with Crippen LogP contribution in [0.1, 0.15) is 12.2 Å². The molecule has 0 fully saturated rings. The number of aromatic nitrogens is 2. The van der Waals surface area contributed by atoms with E-state index in [-0.39, 0.29) is 0 Å². The first-order valence-electron chi connectivity index (χ1n) is 5.71. The van der Waals surface area contributed by atoms with Gasteiger partial charge < -0.3 is 14.5 Å². The number of ether oxygens (including phenoxy) is 2. The first kappa shape index (κ1) is 10.7. The van der Waals surface area contributed by atoms with E-state index in [1.807, 2.05) is 12.1 Å². The summed E-state index contributed by atoms with van der Waals surface area (Å²) in [6.07, 6.45) is 1.79. The van der Waals surface area contributed by atoms with E-state index in [1.165, 1.54) is 0 Å². The summed E-state index contributed by atoms with van der Waals surface area (Å²) in [5.74, 6) is 3.18. The van der Waals surface area contributed by atoms with Crippen molar-refractivity contribution in [3.63, 3.8) is 0 Å². The molecule has 2 aromatic rings. The van der Waals surface area contributed by atoms with E-state index in [2.05, 4.69) is 9.97 Å². The van der Waals surface area contributed by atoms with Crippen LogP contribution in [0.25, 0.3) is 11.0 Å². The Balaban J connectivity index is 1.98. The topological polar surface area (TPSA) is 47.1 Å². The lowest BCUT2D eigenvalue weighted by Gasteiger charge is -2.17. The first-order chi connectivity index (χ1) is 8.36. The zero-order chi connectivity index (χ0) is 11.7. The lowest BCUT2D eigenvalue weighted by molar-refractivity contribution is 0.172. The molecule has 1 aromatic heterocycles. The fourth-order valence-electron chi connectivity index (χ4n) is 1.95. The van der Waals surface area contributed by atoms with Crippen molar-refractivity contribution in [2.24, 2.45) is 0 Å². The number of hydrogen-bond acceptors (Lipinski definition) is 3. The Morgan fingerprint density at radius 3 is 2.76 bits per heavy atom. The number of nitrogens with zero attached hydrogens (tertiary/aromatic N) is 1. The van der Waals surface area contributed by atoms with Crippen molar-refractivity contribution in [1.29, 1.82) is 0 Å². The van der Waals surface area contributed by atoms with Crippen LogP contribution in [0.4, 0.5) is 0 Å². The molecule has 0 spiro atoms. The molecule has 0 amide bonds. The highest BCUT2D eigenvalue weighted by atomic mass is 35.5. The van der Waals surface area contributed by atoms with Crippen molar-refractivity contribution in [2.45, 2.75) is 12.8 Å². The van der Waals surface area contributed by atoms with Gasteiger partial charge in [-0.25, -0.2) is 4.98 Å². The van der Waals surface area contributed by atoms with Gasteiger partial charge in [-0.3, -0.25) is 0 Å². The second-order valence-corrected chi connectivity index (χ2v) is 4.37. The number of aromatic amines is 1. The van der Waals surface area contributed by atoms with E-state index >= 15 is 0 Å². The van der Waals surface area contributed by atoms with Gasteiger partial charge in [0.25, 0.3) is 0 Å². The molecule has 1 N–H and O–H groups in total. The van der Waals surface area contributed by atoms with Crippen LogP contribution in [0, 0.1) is 0 Å². The largest absolute Gasteiger partial charge is 0.486 e. The Morgan fingerprint density at radius 2 is 2.00 bits per heavy atom. The lowest BCUT2D eigenvalue weighted by atomic mass is 10.2. The normalized spacial score (nSPS) is 14.2. The number of aryl methyl sites for hydroxylation is 1. The minimum atomic E-state index is 0.599. The monoisotopic (exact) mass is 252 g/mol. The molecule has 0 bridgehead atoms. The van der Waals surface area contributed by atoms with Gasteiger partial charge in [-0.15, -0.1) is 11.6 Å².